The monoisotopic (exact) mass is 431 g/mol. The molecule has 0 aliphatic rings. The van der Waals surface area contributed by atoms with E-state index in [1.165, 1.54) is 6.33 Å². The van der Waals surface area contributed by atoms with Gasteiger partial charge < -0.3 is 16.0 Å². The molecule has 0 radical (unpaired) electrons. The molecule has 0 aliphatic carbocycles. The highest BCUT2D eigenvalue weighted by atomic mass is 16.1. The Kier molecular flexibility index (Phi) is 5.48. The molecule has 32 heavy (non-hydrogen) atoms. The second-order valence-electron chi connectivity index (χ2n) is 8.05. The van der Waals surface area contributed by atoms with Gasteiger partial charge in [0, 0.05) is 35.0 Å². The zero-order chi connectivity index (χ0) is 23.0. The molecule has 0 fully saturated rings. The number of carbonyl (C=O) groups is 1. The predicted molar refractivity (Wildman–Crippen MR) is 123 cm³/mol. The zero-order valence-electron chi connectivity index (χ0n) is 18.4. The summed E-state index contributed by atoms with van der Waals surface area (Å²) in [7, 11) is 0. The van der Waals surface area contributed by atoms with Crippen LogP contribution in [0.25, 0.3) is 22.3 Å². The minimum absolute atomic E-state index is 0.0721. The number of fused-ring (bicyclic) bond motifs is 1. The molecule has 0 bridgehead atoms. The third kappa shape index (κ3) is 3.84. The summed E-state index contributed by atoms with van der Waals surface area (Å²) >= 11 is 0. The lowest BCUT2D eigenvalue weighted by Crippen LogP contribution is -2.27. The summed E-state index contributed by atoms with van der Waals surface area (Å²) in [6.45, 7) is 7.83. The number of hydrogen-bond acceptors (Lipinski definition) is 6. The van der Waals surface area contributed by atoms with Crippen molar-refractivity contribution in [3.8, 4) is 11.3 Å². The highest BCUT2D eigenvalue weighted by Crippen LogP contribution is 2.31. The Balaban J connectivity index is 1.66. The lowest BCUT2D eigenvalue weighted by molar-refractivity contribution is 0.0951. The topological polar surface area (TPSA) is 132 Å². The van der Waals surface area contributed by atoms with E-state index in [1.54, 1.807) is 22.9 Å². The van der Waals surface area contributed by atoms with Gasteiger partial charge >= 0.3 is 0 Å². The predicted octanol–water partition coefficient (Wildman–Crippen LogP) is 2.89. The maximum absolute atomic E-state index is 12.8. The largest absolute Gasteiger partial charge is 0.383 e. The molecule has 164 valence electrons. The van der Waals surface area contributed by atoms with E-state index < -0.39 is 0 Å². The Morgan fingerprint density at radius 1 is 1.22 bits per heavy atom. The van der Waals surface area contributed by atoms with Gasteiger partial charge in [0.2, 0.25) is 0 Å². The van der Waals surface area contributed by atoms with Crippen molar-refractivity contribution in [3.63, 3.8) is 0 Å². The molecule has 1 aromatic carbocycles. The molecule has 3 aromatic heterocycles. The quantitative estimate of drug-likeness (QED) is 0.445. The van der Waals surface area contributed by atoms with Gasteiger partial charge in [-0.1, -0.05) is 12.1 Å². The maximum Gasteiger partial charge on any atom is 0.253 e. The number of nitrogen functional groups attached to an aromatic ring is 1. The van der Waals surface area contributed by atoms with E-state index in [-0.39, 0.29) is 24.1 Å². The summed E-state index contributed by atoms with van der Waals surface area (Å²) in [5, 5.41) is 8.19. The lowest BCUT2D eigenvalue weighted by atomic mass is 10.1. The molecule has 0 saturated heterocycles. The van der Waals surface area contributed by atoms with Gasteiger partial charge in [-0.05, 0) is 51.5 Å². The van der Waals surface area contributed by atoms with Gasteiger partial charge in [-0.3, -0.25) is 9.59 Å². The second kappa shape index (κ2) is 8.26. The molecule has 0 spiro atoms. The Bertz CT molecular complexity index is 1390. The van der Waals surface area contributed by atoms with Crippen molar-refractivity contribution in [2.45, 2.75) is 40.3 Å². The fourth-order valence-electron chi connectivity index (χ4n) is 3.74. The van der Waals surface area contributed by atoms with Gasteiger partial charge in [0.25, 0.3) is 11.5 Å². The first-order chi connectivity index (χ1) is 15.3. The van der Waals surface area contributed by atoms with Crippen molar-refractivity contribution >= 4 is 22.8 Å². The van der Waals surface area contributed by atoms with Crippen LogP contribution in [0.2, 0.25) is 0 Å². The van der Waals surface area contributed by atoms with E-state index >= 15 is 0 Å². The van der Waals surface area contributed by atoms with Crippen LogP contribution in [0.1, 0.15) is 47.1 Å². The molecule has 4 rings (SSSR count). The van der Waals surface area contributed by atoms with Gasteiger partial charge in [-0.15, -0.1) is 0 Å². The molecule has 9 nitrogen and oxygen atoms in total. The van der Waals surface area contributed by atoms with E-state index in [2.05, 4.69) is 20.3 Å². The number of nitrogens with two attached hydrogens (primary N) is 1. The van der Waals surface area contributed by atoms with Crippen LogP contribution in [0, 0.1) is 13.8 Å². The first-order valence-corrected chi connectivity index (χ1v) is 10.3. The number of aromatic nitrogens is 5. The first-order valence-electron chi connectivity index (χ1n) is 10.3. The second-order valence-corrected chi connectivity index (χ2v) is 8.05. The third-order valence-electron chi connectivity index (χ3n) is 5.32. The Morgan fingerprint density at radius 3 is 2.72 bits per heavy atom. The van der Waals surface area contributed by atoms with Crippen molar-refractivity contribution in [2.24, 2.45) is 0 Å². The molecule has 0 aliphatic heterocycles. The minimum atomic E-state index is -0.289. The van der Waals surface area contributed by atoms with E-state index in [1.807, 2.05) is 39.8 Å². The normalized spacial score (nSPS) is 11.3. The van der Waals surface area contributed by atoms with Crippen LogP contribution in [0.15, 0.2) is 41.5 Å². The number of aromatic amines is 1. The summed E-state index contributed by atoms with van der Waals surface area (Å²) in [6, 6.07) is 9.07. The molecule has 4 aromatic rings. The SMILES string of the molecule is Cc1cc(C)c(CNC(=O)c2cccc(-c3nn(C(C)C)c4ncnc(N)c34)c2)c(=O)[nH]1. The summed E-state index contributed by atoms with van der Waals surface area (Å²) in [5.74, 6) is 0.0453. The van der Waals surface area contributed by atoms with Crippen molar-refractivity contribution in [2.75, 3.05) is 5.73 Å². The summed E-state index contributed by atoms with van der Waals surface area (Å²) in [4.78, 5) is 36.3. The zero-order valence-corrected chi connectivity index (χ0v) is 18.4. The number of pyridine rings is 1. The molecule has 4 N–H and O–H groups in total. The van der Waals surface area contributed by atoms with Crippen molar-refractivity contribution in [1.29, 1.82) is 0 Å². The number of nitrogens with zero attached hydrogens (tertiary/aromatic N) is 4. The molecule has 0 saturated carbocycles. The standard InChI is InChI=1S/C23H25N7O2/c1-12(2)30-21-18(20(24)26-11-27-21)19(29-30)15-6-5-7-16(9-15)22(31)25-10-17-13(3)8-14(4)28-23(17)32/h5-9,11-12H,10H2,1-4H3,(H,25,31)(H,28,32)(H2,24,26,27). The average molecular weight is 432 g/mol. The van der Waals surface area contributed by atoms with Crippen LogP contribution >= 0.6 is 0 Å². The maximum atomic E-state index is 12.8. The number of anilines is 1. The Labute approximate surface area is 184 Å². The highest BCUT2D eigenvalue weighted by Gasteiger charge is 2.19. The fraction of sp³-hybridized carbons (Fsp3) is 0.261. The molecular formula is C23H25N7O2. The van der Waals surface area contributed by atoms with Crippen molar-refractivity contribution < 1.29 is 4.79 Å². The molecule has 0 unspecified atom stereocenters. The highest BCUT2D eigenvalue weighted by molar-refractivity contribution is 6.00. The number of hydrogen-bond donors (Lipinski definition) is 3. The van der Waals surface area contributed by atoms with E-state index in [9.17, 15) is 9.59 Å². The third-order valence-corrected chi connectivity index (χ3v) is 5.32. The number of rotatable bonds is 5. The minimum Gasteiger partial charge on any atom is -0.383 e. The van der Waals surface area contributed by atoms with Crippen molar-refractivity contribution in [3.05, 3.63) is 69.4 Å². The van der Waals surface area contributed by atoms with Crippen LogP contribution in [-0.4, -0.2) is 30.6 Å². The van der Waals surface area contributed by atoms with Gasteiger partial charge in [0.05, 0.1) is 5.39 Å². The summed E-state index contributed by atoms with van der Waals surface area (Å²) < 4.78 is 1.79. The Morgan fingerprint density at radius 2 is 2.00 bits per heavy atom. The van der Waals surface area contributed by atoms with Gasteiger partial charge in [-0.2, -0.15) is 5.10 Å². The van der Waals surface area contributed by atoms with Gasteiger partial charge in [0.1, 0.15) is 17.8 Å². The van der Waals surface area contributed by atoms with Crippen LogP contribution in [-0.2, 0) is 6.54 Å². The van der Waals surface area contributed by atoms with E-state index in [0.29, 0.717) is 33.7 Å². The van der Waals surface area contributed by atoms with Gasteiger partial charge in [0.15, 0.2) is 5.65 Å². The Hall–Kier alpha value is -4.01. The van der Waals surface area contributed by atoms with Gasteiger partial charge in [-0.25, -0.2) is 14.6 Å². The van der Waals surface area contributed by atoms with Crippen LogP contribution < -0.4 is 16.6 Å². The molecule has 3 heterocycles. The molecule has 1 amide bonds. The van der Waals surface area contributed by atoms with Crippen LogP contribution in [0.5, 0.6) is 0 Å². The lowest BCUT2D eigenvalue weighted by Gasteiger charge is -2.09. The number of H-pyrrole nitrogens is 1. The van der Waals surface area contributed by atoms with E-state index in [4.69, 9.17) is 10.8 Å². The average Bonchev–Trinajstić information content (AvgIpc) is 3.14. The number of nitrogens with one attached hydrogen (secondary N) is 2. The molecular weight excluding hydrogens is 406 g/mol. The summed E-state index contributed by atoms with van der Waals surface area (Å²) in [6.07, 6.45) is 1.42. The van der Waals surface area contributed by atoms with Crippen LogP contribution in [0.4, 0.5) is 5.82 Å². The fourth-order valence-corrected chi connectivity index (χ4v) is 3.74. The number of carbonyl (C=O) groups excluding carboxylic acids is 1. The number of aryl methyl sites for hydroxylation is 2. The number of benzene rings is 1. The first kappa shape index (κ1) is 21.2. The molecule has 0 atom stereocenters. The van der Waals surface area contributed by atoms with Crippen LogP contribution in [0.3, 0.4) is 0 Å². The van der Waals surface area contributed by atoms with Crippen molar-refractivity contribution in [1.82, 2.24) is 30.0 Å². The van der Waals surface area contributed by atoms with E-state index in [0.717, 1.165) is 16.8 Å². The molecule has 9 heteroatoms. The summed E-state index contributed by atoms with van der Waals surface area (Å²) in [5.41, 5.74) is 10.5. The number of amides is 1. The smallest absolute Gasteiger partial charge is 0.253 e.